The standard InChI is InChI=1S/C24H23FN6/c1-16-28-21-11-17(5-8-22(21)30(16)2)23-20(7-6-19(12-26)29-23)18-13-27-31(14-18)15-24(25)9-3-4-10-24/h5-8,11,13-14H,3-4,9-10,15H2,1-2H3. The first-order valence-corrected chi connectivity index (χ1v) is 10.5. The van der Waals surface area contributed by atoms with Crippen LogP contribution in [0.2, 0.25) is 0 Å². The number of aromatic nitrogens is 5. The highest BCUT2D eigenvalue weighted by Gasteiger charge is 2.34. The summed E-state index contributed by atoms with van der Waals surface area (Å²) >= 11 is 0. The molecule has 1 aliphatic rings. The molecule has 0 N–H and O–H groups in total. The number of nitriles is 1. The third-order valence-electron chi connectivity index (χ3n) is 6.28. The molecule has 7 heteroatoms. The molecule has 3 aromatic heterocycles. The summed E-state index contributed by atoms with van der Waals surface area (Å²) in [7, 11) is 1.99. The molecule has 4 aromatic rings. The van der Waals surface area contributed by atoms with Crippen LogP contribution in [0.4, 0.5) is 4.39 Å². The molecule has 0 saturated heterocycles. The molecule has 0 radical (unpaired) electrons. The normalized spacial score (nSPS) is 15.4. The Labute approximate surface area is 180 Å². The predicted octanol–water partition coefficient (Wildman–Crippen LogP) is 4.96. The van der Waals surface area contributed by atoms with Gasteiger partial charge in [0.25, 0.3) is 0 Å². The highest BCUT2D eigenvalue weighted by atomic mass is 19.1. The van der Waals surface area contributed by atoms with Crippen molar-refractivity contribution in [3.8, 4) is 28.5 Å². The Bertz CT molecular complexity index is 1320. The van der Waals surface area contributed by atoms with Crippen LogP contribution in [0, 0.1) is 18.3 Å². The van der Waals surface area contributed by atoms with Gasteiger partial charge in [-0.25, -0.2) is 14.4 Å². The van der Waals surface area contributed by atoms with Crippen LogP contribution in [0.15, 0.2) is 42.7 Å². The van der Waals surface area contributed by atoms with Gasteiger partial charge in [-0.1, -0.05) is 18.9 Å². The maximum atomic E-state index is 14.9. The maximum Gasteiger partial charge on any atom is 0.141 e. The molecule has 6 nitrogen and oxygen atoms in total. The number of alkyl halides is 1. The van der Waals surface area contributed by atoms with Crippen molar-refractivity contribution in [2.75, 3.05) is 0 Å². The fourth-order valence-electron chi connectivity index (χ4n) is 4.49. The average molecular weight is 414 g/mol. The average Bonchev–Trinajstić information content (AvgIpc) is 3.48. The van der Waals surface area contributed by atoms with Gasteiger partial charge >= 0.3 is 0 Å². The number of halogens is 1. The summed E-state index contributed by atoms with van der Waals surface area (Å²) in [5.74, 6) is 0.930. The second kappa shape index (κ2) is 7.31. The van der Waals surface area contributed by atoms with Crippen molar-refractivity contribution in [3.63, 3.8) is 0 Å². The van der Waals surface area contributed by atoms with Gasteiger partial charge in [0.15, 0.2) is 0 Å². The van der Waals surface area contributed by atoms with Gasteiger partial charge in [-0.05, 0) is 44.0 Å². The summed E-state index contributed by atoms with van der Waals surface area (Å²) in [6.07, 6.45) is 6.67. The van der Waals surface area contributed by atoms with Gasteiger partial charge in [-0.3, -0.25) is 4.68 Å². The van der Waals surface area contributed by atoms with Crippen molar-refractivity contribution < 1.29 is 4.39 Å². The fourth-order valence-corrected chi connectivity index (χ4v) is 4.49. The Morgan fingerprint density at radius 2 is 1.94 bits per heavy atom. The molecule has 0 bridgehead atoms. The molecule has 0 spiro atoms. The van der Waals surface area contributed by atoms with Gasteiger partial charge in [0.2, 0.25) is 0 Å². The first kappa shape index (κ1) is 19.4. The molecule has 1 aromatic carbocycles. The van der Waals surface area contributed by atoms with Gasteiger partial charge in [-0.15, -0.1) is 0 Å². The molecular formula is C24H23FN6. The highest BCUT2D eigenvalue weighted by Crippen LogP contribution is 2.36. The molecule has 3 heterocycles. The SMILES string of the molecule is Cc1nc2cc(-c3nc(C#N)ccc3-c3cnn(CC4(F)CCCC4)c3)ccc2n1C. The lowest BCUT2D eigenvalue weighted by atomic mass is 10.0. The van der Waals surface area contributed by atoms with E-state index in [0.717, 1.165) is 46.4 Å². The topological polar surface area (TPSA) is 72.3 Å². The summed E-state index contributed by atoms with van der Waals surface area (Å²) in [5.41, 5.74) is 4.37. The van der Waals surface area contributed by atoms with E-state index in [1.165, 1.54) is 0 Å². The third kappa shape index (κ3) is 3.48. The zero-order valence-corrected chi connectivity index (χ0v) is 17.6. The maximum absolute atomic E-state index is 14.9. The summed E-state index contributed by atoms with van der Waals surface area (Å²) in [6, 6.07) is 11.7. The summed E-state index contributed by atoms with van der Waals surface area (Å²) in [4.78, 5) is 9.22. The number of hydrogen-bond donors (Lipinski definition) is 0. The van der Waals surface area contributed by atoms with Gasteiger partial charge in [-0.2, -0.15) is 10.4 Å². The molecule has 0 amide bonds. The Morgan fingerprint density at radius 3 is 2.71 bits per heavy atom. The first-order chi connectivity index (χ1) is 15.0. The minimum Gasteiger partial charge on any atom is -0.331 e. The van der Waals surface area contributed by atoms with Crippen molar-refractivity contribution in [2.24, 2.45) is 7.05 Å². The molecule has 0 atom stereocenters. The van der Waals surface area contributed by atoms with E-state index in [0.29, 0.717) is 24.2 Å². The molecule has 1 saturated carbocycles. The molecular weight excluding hydrogens is 391 g/mol. The minimum absolute atomic E-state index is 0.269. The van der Waals surface area contributed by atoms with Crippen LogP contribution in [0.5, 0.6) is 0 Å². The van der Waals surface area contributed by atoms with E-state index in [1.54, 1.807) is 16.9 Å². The van der Waals surface area contributed by atoms with Crippen LogP contribution in [0.1, 0.15) is 37.2 Å². The smallest absolute Gasteiger partial charge is 0.141 e. The van der Waals surface area contributed by atoms with Crippen LogP contribution < -0.4 is 0 Å². The number of rotatable bonds is 4. The molecule has 31 heavy (non-hydrogen) atoms. The highest BCUT2D eigenvalue weighted by molar-refractivity contribution is 5.87. The third-order valence-corrected chi connectivity index (χ3v) is 6.28. The van der Waals surface area contributed by atoms with Crippen molar-refractivity contribution in [3.05, 3.63) is 54.2 Å². The van der Waals surface area contributed by atoms with E-state index in [1.807, 2.05) is 49.0 Å². The molecule has 156 valence electrons. The lowest BCUT2D eigenvalue weighted by Gasteiger charge is -2.18. The fraction of sp³-hybridized carbons (Fsp3) is 0.333. The Morgan fingerprint density at radius 1 is 1.13 bits per heavy atom. The number of benzene rings is 1. The molecule has 0 unspecified atom stereocenters. The largest absolute Gasteiger partial charge is 0.331 e. The quantitative estimate of drug-likeness (QED) is 0.473. The van der Waals surface area contributed by atoms with Crippen LogP contribution in [0.3, 0.4) is 0 Å². The second-order valence-corrected chi connectivity index (χ2v) is 8.41. The van der Waals surface area contributed by atoms with Crippen LogP contribution in [-0.4, -0.2) is 30.0 Å². The number of aryl methyl sites for hydroxylation is 2. The molecule has 1 fully saturated rings. The van der Waals surface area contributed by atoms with E-state index in [-0.39, 0.29) is 6.54 Å². The number of pyridine rings is 1. The molecule has 1 aliphatic carbocycles. The van der Waals surface area contributed by atoms with Crippen molar-refractivity contribution in [1.29, 1.82) is 5.26 Å². The van der Waals surface area contributed by atoms with Crippen LogP contribution in [-0.2, 0) is 13.6 Å². The van der Waals surface area contributed by atoms with E-state index in [4.69, 9.17) is 0 Å². The van der Waals surface area contributed by atoms with Crippen molar-refractivity contribution >= 4 is 11.0 Å². The van der Waals surface area contributed by atoms with Gasteiger partial charge in [0.1, 0.15) is 23.3 Å². The van der Waals surface area contributed by atoms with Gasteiger partial charge < -0.3 is 4.57 Å². The van der Waals surface area contributed by atoms with Crippen molar-refractivity contribution in [2.45, 2.75) is 44.8 Å². The number of hydrogen-bond acceptors (Lipinski definition) is 4. The number of nitrogens with zero attached hydrogens (tertiary/aromatic N) is 6. The Kier molecular flexibility index (Phi) is 4.58. The summed E-state index contributed by atoms with van der Waals surface area (Å²) in [6.45, 7) is 2.24. The number of imidazole rings is 1. The van der Waals surface area contributed by atoms with E-state index in [9.17, 15) is 9.65 Å². The predicted molar refractivity (Wildman–Crippen MR) is 117 cm³/mol. The number of fused-ring (bicyclic) bond motifs is 1. The monoisotopic (exact) mass is 414 g/mol. The Balaban J connectivity index is 1.57. The zero-order chi connectivity index (χ0) is 21.6. The summed E-state index contributed by atoms with van der Waals surface area (Å²) < 4.78 is 18.6. The van der Waals surface area contributed by atoms with Gasteiger partial charge in [0, 0.05) is 29.9 Å². The van der Waals surface area contributed by atoms with E-state index in [2.05, 4.69) is 21.1 Å². The lowest BCUT2D eigenvalue weighted by molar-refractivity contribution is 0.139. The van der Waals surface area contributed by atoms with Crippen molar-refractivity contribution in [1.82, 2.24) is 24.3 Å². The molecule has 0 aliphatic heterocycles. The van der Waals surface area contributed by atoms with E-state index >= 15 is 0 Å². The zero-order valence-electron chi connectivity index (χ0n) is 17.6. The Hall–Kier alpha value is -3.53. The second-order valence-electron chi connectivity index (χ2n) is 8.41. The van der Waals surface area contributed by atoms with Gasteiger partial charge in [0.05, 0.1) is 29.5 Å². The molecule has 5 rings (SSSR count). The van der Waals surface area contributed by atoms with Crippen LogP contribution in [0.25, 0.3) is 33.4 Å². The van der Waals surface area contributed by atoms with E-state index < -0.39 is 5.67 Å². The lowest BCUT2D eigenvalue weighted by Crippen LogP contribution is -2.25. The summed E-state index contributed by atoms with van der Waals surface area (Å²) in [5, 5.41) is 13.8. The first-order valence-electron chi connectivity index (χ1n) is 10.5. The van der Waals surface area contributed by atoms with Crippen LogP contribution >= 0.6 is 0 Å². The minimum atomic E-state index is -1.17.